The van der Waals surface area contributed by atoms with Gasteiger partial charge in [-0.2, -0.15) is 0 Å². The monoisotopic (exact) mass is 289 g/mol. The summed E-state index contributed by atoms with van der Waals surface area (Å²) in [5, 5.41) is 0.343. The minimum Gasteiger partial charge on any atom is -0.383 e. The Morgan fingerprint density at radius 2 is 2.11 bits per heavy atom. The summed E-state index contributed by atoms with van der Waals surface area (Å²) in [7, 11) is 3.29. The van der Waals surface area contributed by atoms with E-state index in [2.05, 4.69) is 0 Å². The van der Waals surface area contributed by atoms with Crippen molar-refractivity contribution in [2.75, 3.05) is 27.3 Å². The van der Waals surface area contributed by atoms with Gasteiger partial charge in [0, 0.05) is 31.3 Å². The maximum atomic E-state index is 12.2. The summed E-state index contributed by atoms with van der Waals surface area (Å²) in [6, 6.07) is 5.28. The SMILES string of the molecule is COCC(Cl)CN(C)C(=O)c1cc(C)cc(Cl)c1. The predicted molar refractivity (Wildman–Crippen MR) is 74.7 cm³/mol. The molecule has 1 rings (SSSR count). The Kier molecular flexibility index (Phi) is 5.93. The fourth-order valence-corrected chi connectivity index (χ4v) is 2.32. The van der Waals surface area contributed by atoms with Crippen molar-refractivity contribution in [3.05, 3.63) is 34.3 Å². The summed E-state index contributed by atoms with van der Waals surface area (Å²) < 4.78 is 4.94. The number of ether oxygens (including phenoxy) is 1. The fourth-order valence-electron chi connectivity index (χ4n) is 1.69. The first-order chi connectivity index (χ1) is 8.43. The molecule has 3 nitrogen and oxygen atoms in total. The Labute approximate surface area is 118 Å². The van der Waals surface area contributed by atoms with E-state index in [0.717, 1.165) is 5.56 Å². The number of alkyl halides is 1. The number of methoxy groups -OCH3 is 1. The van der Waals surface area contributed by atoms with Crippen molar-refractivity contribution < 1.29 is 9.53 Å². The first-order valence-corrected chi connectivity index (χ1v) is 6.41. The lowest BCUT2D eigenvalue weighted by atomic mass is 10.1. The molecule has 0 spiro atoms. The minimum atomic E-state index is -0.218. The van der Waals surface area contributed by atoms with Crippen molar-refractivity contribution >= 4 is 29.1 Å². The van der Waals surface area contributed by atoms with Crippen molar-refractivity contribution in [3.63, 3.8) is 0 Å². The number of nitrogens with zero attached hydrogens (tertiary/aromatic N) is 1. The molecule has 0 heterocycles. The van der Waals surface area contributed by atoms with Crippen LogP contribution in [0, 0.1) is 6.92 Å². The first kappa shape index (κ1) is 15.3. The van der Waals surface area contributed by atoms with Crippen LogP contribution in [-0.4, -0.2) is 43.5 Å². The van der Waals surface area contributed by atoms with Crippen LogP contribution in [0.15, 0.2) is 18.2 Å². The Bertz CT molecular complexity index is 403. The zero-order valence-corrected chi connectivity index (χ0v) is 12.3. The van der Waals surface area contributed by atoms with E-state index in [0.29, 0.717) is 23.7 Å². The van der Waals surface area contributed by atoms with E-state index in [1.807, 2.05) is 19.1 Å². The Balaban J connectivity index is 2.74. The lowest BCUT2D eigenvalue weighted by Gasteiger charge is -2.20. The van der Waals surface area contributed by atoms with Gasteiger partial charge in [0.15, 0.2) is 0 Å². The van der Waals surface area contributed by atoms with Gasteiger partial charge in [-0.25, -0.2) is 0 Å². The molecule has 0 aliphatic rings. The number of aryl methyl sites for hydroxylation is 1. The van der Waals surface area contributed by atoms with Gasteiger partial charge in [0.25, 0.3) is 5.91 Å². The van der Waals surface area contributed by atoms with Crippen LogP contribution in [0.3, 0.4) is 0 Å². The Morgan fingerprint density at radius 1 is 1.44 bits per heavy atom. The van der Waals surface area contributed by atoms with E-state index in [9.17, 15) is 4.79 Å². The number of amides is 1. The third-order valence-electron chi connectivity index (χ3n) is 2.46. The van der Waals surface area contributed by atoms with Gasteiger partial charge in [0.1, 0.15) is 0 Å². The van der Waals surface area contributed by atoms with E-state index in [-0.39, 0.29) is 11.3 Å². The van der Waals surface area contributed by atoms with Crippen molar-refractivity contribution in [1.29, 1.82) is 0 Å². The zero-order chi connectivity index (χ0) is 13.7. The summed E-state index contributed by atoms with van der Waals surface area (Å²) in [6.07, 6.45) is 0. The average Bonchev–Trinajstić information content (AvgIpc) is 2.26. The summed E-state index contributed by atoms with van der Waals surface area (Å²) in [6.45, 7) is 2.74. The van der Waals surface area contributed by atoms with E-state index in [4.69, 9.17) is 27.9 Å². The molecule has 100 valence electrons. The van der Waals surface area contributed by atoms with Crippen LogP contribution < -0.4 is 0 Å². The molecule has 0 saturated carbocycles. The molecule has 1 amide bonds. The van der Waals surface area contributed by atoms with Crippen LogP contribution in [0.5, 0.6) is 0 Å². The molecule has 0 bridgehead atoms. The fraction of sp³-hybridized carbons (Fsp3) is 0.462. The highest BCUT2D eigenvalue weighted by atomic mass is 35.5. The second kappa shape index (κ2) is 6.98. The van der Waals surface area contributed by atoms with Crippen molar-refractivity contribution in [2.24, 2.45) is 0 Å². The molecule has 0 N–H and O–H groups in total. The van der Waals surface area contributed by atoms with Gasteiger partial charge >= 0.3 is 0 Å². The highest BCUT2D eigenvalue weighted by Gasteiger charge is 2.16. The van der Waals surface area contributed by atoms with Crippen LogP contribution in [0.1, 0.15) is 15.9 Å². The largest absolute Gasteiger partial charge is 0.383 e. The zero-order valence-electron chi connectivity index (χ0n) is 10.7. The molecule has 0 aromatic heterocycles. The van der Waals surface area contributed by atoms with Gasteiger partial charge in [-0.15, -0.1) is 11.6 Å². The van der Waals surface area contributed by atoms with Gasteiger partial charge < -0.3 is 9.64 Å². The molecule has 1 aromatic carbocycles. The molecule has 0 aliphatic heterocycles. The summed E-state index contributed by atoms with van der Waals surface area (Å²) in [4.78, 5) is 13.7. The summed E-state index contributed by atoms with van der Waals surface area (Å²) in [5.74, 6) is -0.0950. The highest BCUT2D eigenvalue weighted by Crippen LogP contribution is 2.16. The second-order valence-corrected chi connectivity index (χ2v) is 5.31. The summed E-state index contributed by atoms with van der Waals surface area (Å²) in [5.41, 5.74) is 1.53. The quantitative estimate of drug-likeness (QED) is 0.780. The van der Waals surface area contributed by atoms with Crippen molar-refractivity contribution in [2.45, 2.75) is 12.3 Å². The van der Waals surface area contributed by atoms with E-state index >= 15 is 0 Å². The first-order valence-electron chi connectivity index (χ1n) is 5.59. The second-order valence-electron chi connectivity index (χ2n) is 4.26. The lowest BCUT2D eigenvalue weighted by Crippen LogP contribution is -2.33. The Hall–Kier alpha value is -0.770. The third kappa shape index (κ3) is 4.48. The van der Waals surface area contributed by atoms with Gasteiger partial charge in [-0.1, -0.05) is 11.6 Å². The average molecular weight is 290 g/mol. The van der Waals surface area contributed by atoms with E-state index in [1.165, 1.54) is 0 Å². The molecule has 1 unspecified atom stereocenters. The van der Waals surface area contributed by atoms with Gasteiger partial charge in [-0.05, 0) is 30.7 Å². The molecule has 5 heteroatoms. The maximum absolute atomic E-state index is 12.2. The molecule has 1 aromatic rings. The van der Waals surface area contributed by atoms with E-state index < -0.39 is 0 Å². The third-order valence-corrected chi connectivity index (χ3v) is 2.94. The van der Waals surface area contributed by atoms with Crippen LogP contribution >= 0.6 is 23.2 Å². The molecule has 0 saturated heterocycles. The summed E-state index contributed by atoms with van der Waals surface area (Å²) >= 11 is 12.0. The number of hydrogen-bond acceptors (Lipinski definition) is 2. The van der Waals surface area contributed by atoms with Crippen LogP contribution in [0.4, 0.5) is 0 Å². The molecule has 0 radical (unpaired) electrons. The van der Waals surface area contributed by atoms with Crippen LogP contribution in [0.2, 0.25) is 5.02 Å². The molecule has 1 atom stereocenters. The van der Waals surface area contributed by atoms with Crippen LogP contribution in [-0.2, 0) is 4.74 Å². The predicted octanol–water partition coefficient (Wildman–Crippen LogP) is 2.97. The topological polar surface area (TPSA) is 29.5 Å². The molecule has 0 aliphatic carbocycles. The number of carbonyl (C=O) groups excluding carboxylic acids is 1. The number of hydrogen-bond donors (Lipinski definition) is 0. The Morgan fingerprint density at radius 3 is 2.67 bits per heavy atom. The van der Waals surface area contributed by atoms with Crippen molar-refractivity contribution in [3.8, 4) is 0 Å². The molecular formula is C13H17Cl2NO2. The van der Waals surface area contributed by atoms with E-state index in [1.54, 1.807) is 25.1 Å². The number of benzene rings is 1. The number of rotatable bonds is 5. The molecular weight excluding hydrogens is 273 g/mol. The standard InChI is InChI=1S/C13H17Cl2NO2/c1-9-4-10(6-11(14)5-9)13(17)16(2)7-12(15)8-18-3/h4-6,12H,7-8H2,1-3H3. The normalized spacial score (nSPS) is 12.3. The van der Waals surface area contributed by atoms with Gasteiger partial charge in [-0.3, -0.25) is 4.79 Å². The number of carbonyl (C=O) groups is 1. The smallest absolute Gasteiger partial charge is 0.253 e. The number of halogens is 2. The minimum absolute atomic E-state index is 0.0950. The molecule has 0 fully saturated rings. The van der Waals surface area contributed by atoms with Gasteiger partial charge in [0.2, 0.25) is 0 Å². The lowest BCUT2D eigenvalue weighted by molar-refractivity contribution is 0.0781. The highest BCUT2D eigenvalue weighted by molar-refractivity contribution is 6.31. The maximum Gasteiger partial charge on any atom is 0.253 e. The van der Waals surface area contributed by atoms with Crippen molar-refractivity contribution in [1.82, 2.24) is 4.90 Å². The van der Waals surface area contributed by atoms with Gasteiger partial charge in [0.05, 0.1) is 12.0 Å². The van der Waals surface area contributed by atoms with Crippen LogP contribution in [0.25, 0.3) is 0 Å². The molecule has 18 heavy (non-hydrogen) atoms.